The Hall–Kier alpha value is -2.90. The van der Waals surface area contributed by atoms with Gasteiger partial charge in [0.05, 0.1) is 18.3 Å². The smallest absolute Gasteiger partial charge is 0.357 e. The van der Waals surface area contributed by atoms with Crippen molar-refractivity contribution in [3.8, 4) is 5.69 Å². The lowest BCUT2D eigenvalue weighted by molar-refractivity contribution is -0.141. The van der Waals surface area contributed by atoms with Crippen molar-refractivity contribution in [2.45, 2.75) is 26.1 Å². The van der Waals surface area contributed by atoms with Crippen LogP contribution in [0.4, 0.5) is 19.1 Å². The van der Waals surface area contributed by atoms with Crippen LogP contribution in [0.15, 0.2) is 60.0 Å². The van der Waals surface area contributed by atoms with E-state index in [1.807, 2.05) is 50.4 Å². The largest absolute Gasteiger partial charge is 0.433 e. The average Bonchev–Trinajstić information content (AvgIpc) is 3.31. The van der Waals surface area contributed by atoms with Crippen LogP contribution in [-0.2, 0) is 6.18 Å². The van der Waals surface area contributed by atoms with Crippen LogP contribution < -0.4 is 16.0 Å². The summed E-state index contributed by atoms with van der Waals surface area (Å²) in [5.41, 5.74) is 1.02. The van der Waals surface area contributed by atoms with Crippen LogP contribution in [0.3, 0.4) is 0 Å². The van der Waals surface area contributed by atoms with E-state index in [0.29, 0.717) is 19.0 Å². The molecule has 178 valence electrons. The quantitative estimate of drug-likeness (QED) is 0.163. The first-order valence-corrected chi connectivity index (χ1v) is 10.2. The first-order chi connectivity index (χ1) is 15.4. The summed E-state index contributed by atoms with van der Waals surface area (Å²) in [6.45, 7) is 5.23. The van der Waals surface area contributed by atoms with Crippen molar-refractivity contribution in [1.82, 2.24) is 30.4 Å². The third-order valence-corrected chi connectivity index (χ3v) is 4.45. The van der Waals surface area contributed by atoms with Gasteiger partial charge < -0.3 is 16.0 Å². The normalized spacial score (nSPS) is 12.6. The van der Waals surface area contributed by atoms with E-state index < -0.39 is 11.9 Å². The molecule has 12 heteroatoms. The van der Waals surface area contributed by atoms with Crippen LogP contribution in [-0.4, -0.2) is 45.3 Å². The van der Waals surface area contributed by atoms with Crippen molar-refractivity contribution >= 4 is 35.9 Å². The highest BCUT2D eigenvalue weighted by Gasteiger charge is 2.32. The van der Waals surface area contributed by atoms with Gasteiger partial charge in [0.25, 0.3) is 0 Å². The topological polar surface area (TPSA) is 92.0 Å². The molecule has 3 N–H and O–H groups in total. The van der Waals surface area contributed by atoms with E-state index in [0.717, 1.165) is 23.5 Å². The Morgan fingerprint density at radius 3 is 2.70 bits per heavy atom. The minimum atomic E-state index is -4.51. The minimum absolute atomic E-state index is 0. The van der Waals surface area contributed by atoms with Crippen LogP contribution in [0.2, 0.25) is 0 Å². The van der Waals surface area contributed by atoms with Crippen molar-refractivity contribution in [3.63, 3.8) is 0 Å². The number of halogens is 4. The lowest BCUT2D eigenvalue weighted by Gasteiger charge is -2.19. The Bertz CT molecular complexity index is 1020. The van der Waals surface area contributed by atoms with Gasteiger partial charge in [0.2, 0.25) is 5.95 Å². The zero-order chi connectivity index (χ0) is 23.0. The first-order valence-electron chi connectivity index (χ1n) is 10.2. The molecule has 2 aromatic heterocycles. The standard InChI is InChI=1S/C21H25F3N8.HI/c1-3-25-19(27-11-12-28-20-26-10-8-18(31-20)21(22,23)24)30-15(2)16-6-4-7-17(14-16)32-13-5-9-29-32;/h4-10,13-15H,3,11-12H2,1-2H3,(H2,25,27,30)(H,26,28,31);1H. The molecule has 1 unspecified atom stereocenters. The Kier molecular flexibility index (Phi) is 9.88. The van der Waals surface area contributed by atoms with Gasteiger partial charge in [0.15, 0.2) is 5.96 Å². The SMILES string of the molecule is CCNC(=NCCNc1nccc(C(F)(F)F)n1)NC(C)c1cccc(-n2cccn2)c1.I. The van der Waals surface area contributed by atoms with Crippen molar-refractivity contribution in [3.05, 3.63) is 66.2 Å². The fraction of sp³-hybridized carbons (Fsp3) is 0.333. The molecule has 1 atom stereocenters. The molecule has 0 fully saturated rings. The van der Waals surface area contributed by atoms with E-state index in [-0.39, 0.29) is 42.5 Å². The number of nitrogens with one attached hydrogen (secondary N) is 3. The molecule has 2 heterocycles. The summed E-state index contributed by atoms with van der Waals surface area (Å²) in [6, 6.07) is 10.7. The van der Waals surface area contributed by atoms with Gasteiger partial charge >= 0.3 is 6.18 Å². The van der Waals surface area contributed by atoms with Crippen LogP contribution in [0.25, 0.3) is 5.69 Å². The van der Waals surface area contributed by atoms with Gasteiger partial charge in [-0.3, -0.25) is 4.99 Å². The van der Waals surface area contributed by atoms with E-state index in [1.165, 1.54) is 0 Å². The number of aromatic nitrogens is 4. The molecular weight excluding hydrogens is 548 g/mol. The summed E-state index contributed by atoms with van der Waals surface area (Å²) >= 11 is 0. The van der Waals surface area contributed by atoms with Gasteiger partial charge in [-0.25, -0.2) is 14.6 Å². The number of hydrogen-bond acceptors (Lipinski definition) is 5. The summed E-state index contributed by atoms with van der Waals surface area (Å²) in [7, 11) is 0. The second-order valence-corrected chi connectivity index (χ2v) is 6.86. The predicted octanol–water partition coefficient (Wildman–Crippen LogP) is 4.03. The second kappa shape index (κ2) is 12.4. The maximum atomic E-state index is 12.8. The van der Waals surface area contributed by atoms with Crippen LogP contribution in [0, 0.1) is 0 Å². The first kappa shape index (κ1) is 26.4. The molecule has 0 spiro atoms. The summed E-state index contributed by atoms with van der Waals surface area (Å²) < 4.78 is 40.0. The molecule has 0 saturated heterocycles. The number of benzene rings is 1. The van der Waals surface area contributed by atoms with Gasteiger partial charge in [-0.15, -0.1) is 24.0 Å². The van der Waals surface area contributed by atoms with Crippen molar-refractivity contribution in [2.24, 2.45) is 4.99 Å². The molecule has 0 saturated carbocycles. The van der Waals surface area contributed by atoms with Gasteiger partial charge in [0.1, 0.15) is 5.69 Å². The molecule has 0 aliphatic rings. The lowest BCUT2D eigenvalue weighted by Crippen LogP contribution is -2.39. The number of anilines is 1. The number of guanidine groups is 1. The molecule has 0 bridgehead atoms. The maximum Gasteiger partial charge on any atom is 0.433 e. The van der Waals surface area contributed by atoms with Crippen LogP contribution in [0.5, 0.6) is 0 Å². The Labute approximate surface area is 207 Å². The van der Waals surface area contributed by atoms with E-state index in [4.69, 9.17) is 0 Å². The zero-order valence-corrected chi connectivity index (χ0v) is 20.5. The molecule has 0 aliphatic heterocycles. The average molecular weight is 574 g/mol. The van der Waals surface area contributed by atoms with Crippen LogP contribution in [0.1, 0.15) is 31.1 Å². The fourth-order valence-corrected chi connectivity index (χ4v) is 2.90. The molecule has 0 amide bonds. The molecule has 0 radical (unpaired) electrons. The summed E-state index contributed by atoms with van der Waals surface area (Å²) in [5.74, 6) is 0.507. The number of rotatable bonds is 8. The Balaban J connectivity index is 0.00000385. The molecule has 33 heavy (non-hydrogen) atoms. The highest BCUT2D eigenvalue weighted by Crippen LogP contribution is 2.27. The van der Waals surface area contributed by atoms with Gasteiger partial charge in [-0.1, -0.05) is 12.1 Å². The monoisotopic (exact) mass is 574 g/mol. The minimum Gasteiger partial charge on any atom is -0.357 e. The molecule has 1 aromatic carbocycles. The zero-order valence-electron chi connectivity index (χ0n) is 18.2. The fourth-order valence-electron chi connectivity index (χ4n) is 2.90. The van der Waals surface area contributed by atoms with Gasteiger partial charge in [-0.2, -0.15) is 18.3 Å². The highest BCUT2D eigenvalue weighted by molar-refractivity contribution is 14.0. The van der Waals surface area contributed by atoms with Crippen molar-refractivity contribution in [2.75, 3.05) is 25.0 Å². The number of hydrogen-bond donors (Lipinski definition) is 3. The maximum absolute atomic E-state index is 12.8. The Morgan fingerprint density at radius 2 is 2.00 bits per heavy atom. The summed E-state index contributed by atoms with van der Waals surface area (Å²) in [6.07, 6.45) is 0.170. The molecular formula is C21H26F3IN8. The summed E-state index contributed by atoms with van der Waals surface area (Å²) in [4.78, 5) is 11.8. The van der Waals surface area contributed by atoms with Gasteiger partial charge in [-0.05, 0) is 43.7 Å². The molecule has 8 nitrogen and oxygen atoms in total. The van der Waals surface area contributed by atoms with Crippen molar-refractivity contribution < 1.29 is 13.2 Å². The number of nitrogens with zero attached hydrogens (tertiary/aromatic N) is 5. The number of aliphatic imine (C=N–C) groups is 1. The molecule has 3 rings (SSSR count). The van der Waals surface area contributed by atoms with E-state index >= 15 is 0 Å². The molecule has 3 aromatic rings. The van der Waals surface area contributed by atoms with Crippen molar-refractivity contribution in [1.29, 1.82) is 0 Å². The second-order valence-electron chi connectivity index (χ2n) is 6.86. The van der Waals surface area contributed by atoms with E-state index in [9.17, 15) is 13.2 Å². The third-order valence-electron chi connectivity index (χ3n) is 4.45. The predicted molar refractivity (Wildman–Crippen MR) is 132 cm³/mol. The Morgan fingerprint density at radius 1 is 1.18 bits per heavy atom. The summed E-state index contributed by atoms with van der Waals surface area (Å²) in [5, 5.41) is 13.5. The highest BCUT2D eigenvalue weighted by atomic mass is 127. The van der Waals surface area contributed by atoms with Gasteiger partial charge in [0, 0.05) is 31.7 Å². The number of alkyl halides is 3. The lowest BCUT2D eigenvalue weighted by atomic mass is 10.1. The van der Waals surface area contributed by atoms with E-state index in [1.54, 1.807) is 10.9 Å². The van der Waals surface area contributed by atoms with Crippen LogP contribution >= 0.6 is 24.0 Å². The molecule has 0 aliphatic carbocycles. The third kappa shape index (κ3) is 7.87. The van der Waals surface area contributed by atoms with E-state index in [2.05, 4.69) is 36.0 Å².